The van der Waals surface area contributed by atoms with Crippen LogP contribution < -0.4 is 10.5 Å². The molecule has 3 aromatic rings. The van der Waals surface area contributed by atoms with Gasteiger partial charge in [-0.3, -0.25) is 9.69 Å². The van der Waals surface area contributed by atoms with Crippen LogP contribution in [-0.4, -0.2) is 42.3 Å². The molecule has 0 bridgehead atoms. The quantitative estimate of drug-likeness (QED) is 0.577. The largest absolute Gasteiger partial charge is 0.341 e. The Morgan fingerprint density at radius 3 is 2.57 bits per heavy atom. The number of carbonyl (C=O) groups is 1. The number of sulfonamides is 1. The lowest BCUT2D eigenvalue weighted by Gasteiger charge is -2.30. The first-order valence-corrected chi connectivity index (χ1v) is 11.4. The average Bonchev–Trinajstić information content (AvgIpc) is 3.09. The van der Waals surface area contributed by atoms with Gasteiger partial charge in [-0.1, -0.05) is 6.07 Å². The van der Waals surface area contributed by atoms with E-state index in [1.54, 1.807) is 12.1 Å². The molecule has 4 rings (SSSR count). The van der Waals surface area contributed by atoms with E-state index in [4.69, 9.17) is 5.14 Å². The fourth-order valence-electron chi connectivity index (χ4n) is 3.79. The van der Waals surface area contributed by atoms with Crippen LogP contribution in [0.4, 0.5) is 5.69 Å². The van der Waals surface area contributed by atoms with Gasteiger partial charge in [0.05, 0.1) is 22.5 Å². The van der Waals surface area contributed by atoms with Gasteiger partial charge in [-0.15, -0.1) is 0 Å². The summed E-state index contributed by atoms with van der Waals surface area (Å²) in [4.78, 5) is 22.9. The first-order chi connectivity index (χ1) is 14.3. The summed E-state index contributed by atoms with van der Waals surface area (Å²) in [6.07, 6.45) is 1.53. The molecule has 0 saturated carbocycles. The van der Waals surface area contributed by atoms with Gasteiger partial charge < -0.3 is 10.3 Å². The van der Waals surface area contributed by atoms with Gasteiger partial charge in [-0.25, -0.2) is 18.5 Å². The maximum atomic E-state index is 12.6. The minimum Gasteiger partial charge on any atom is -0.341 e. The number of H-pyrrole nitrogens is 1. The maximum Gasteiger partial charge on any atom is 0.238 e. The van der Waals surface area contributed by atoms with Gasteiger partial charge in [0.2, 0.25) is 15.9 Å². The predicted octanol–water partition coefficient (Wildman–Crippen LogP) is 2.37. The number of likely N-dealkylation sites (tertiary alicyclic amines) is 1. The summed E-state index contributed by atoms with van der Waals surface area (Å²) in [5.41, 5.74) is 3.78. The molecule has 158 valence electrons. The highest BCUT2D eigenvalue weighted by Crippen LogP contribution is 2.22. The second-order valence-electron chi connectivity index (χ2n) is 7.81. The molecule has 30 heavy (non-hydrogen) atoms. The lowest BCUT2D eigenvalue weighted by molar-refractivity contribution is -0.121. The Balaban J connectivity index is 1.30. The average molecular weight is 428 g/mol. The molecule has 2 aromatic carbocycles. The van der Waals surface area contributed by atoms with Crippen LogP contribution in [-0.2, 0) is 21.4 Å². The topological polar surface area (TPSA) is 121 Å². The first kappa shape index (κ1) is 20.5. The van der Waals surface area contributed by atoms with Gasteiger partial charge in [0.25, 0.3) is 0 Å². The maximum absolute atomic E-state index is 12.6. The summed E-state index contributed by atoms with van der Waals surface area (Å²) in [6.45, 7) is 4.43. The van der Waals surface area contributed by atoms with E-state index in [1.807, 2.05) is 6.07 Å². The highest BCUT2D eigenvalue weighted by atomic mass is 32.2. The third kappa shape index (κ3) is 4.69. The third-order valence-electron chi connectivity index (χ3n) is 5.47. The highest BCUT2D eigenvalue weighted by molar-refractivity contribution is 7.89. The molecule has 2 heterocycles. The van der Waals surface area contributed by atoms with Crippen molar-refractivity contribution in [2.75, 3.05) is 18.4 Å². The summed E-state index contributed by atoms with van der Waals surface area (Å²) in [5.74, 6) is 0.822. The van der Waals surface area contributed by atoms with Crippen LogP contribution in [0.3, 0.4) is 0 Å². The van der Waals surface area contributed by atoms with Gasteiger partial charge in [-0.2, -0.15) is 0 Å². The van der Waals surface area contributed by atoms with Crippen LogP contribution in [0.2, 0.25) is 0 Å². The Morgan fingerprint density at radius 2 is 1.90 bits per heavy atom. The molecule has 8 nitrogen and oxygen atoms in total. The molecule has 1 aliphatic heterocycles. The van der Waals surface area contributed by atoms with E-state index in [-0.39, 0.29) is 16.7 Å². The zero-order chi connectivity index (χ0) is 21.3. The van der Waals surface area contributed by atoms with Crippen molar-refractivity contribution in [3.63, 3.8) is 0 Å². The van der Waals surface area contributed by atoms with Gasteiger partial charge in [0.15, 0.2) is 0 Å². The number of nitrogens with zero attached hydrogens (tertiary/aromatic N) is 2. The van der Waals surface area contributed by atoms with Crippen LogP contribution in [0, 0.1) is 12.8 Å². The fourth-order valence-corrected chi connectivity index (χ4v) is 4.30. The number of aryl methyl sites for hydroxylation is 1. The number of primary sulfonamides is 1. The number of amides is 1. The van der Waals surface area contributed by atoms with Crippen LogP contribution in [0.1, 0.15) is 24.2 Å². The zero-order valence-electron chi connectivity index (χ0n) is 16.8. The third-order valence-corrected chi connectivity index (χ3v) is 6.40. The minimum atomic E-state index is -3.74. The van der Waals surface area contributed by atoms with Gasteiger partial charge >= 0.3 is 0 Å². The van der Waals surface area contributed by atoms with Crippen molar-refractivity contribution in [1.29, 1.82) is 0 Å². The Bertz CT molecular complexity index is 1160. The normalized spacial score (nSPS) is 16.1. The Labute approximate surface area is 175 Å². The van der Waals surface area contributed by atoms with E-state index in [1.165, 1.54) is 17.7 Å². The number of aromatic nitrogens is 2. The molecule has 1 aromatic heterocycles. The van der Waals surface area contributed by atoms with E-state index < -0.39 is 10.0 Å². The fraction of sp³-hybridized carbons (Fsp3) is 0.333. The molecule has 1 saturated heterocycles. The van der Waals surface area contributed by atoms with Crippen molar-refractivity contribution in [2.24, 2.45) is 11.1 Å². The molecule has 0 aliphatic carbocycles. The molecule has 1 fully saturated rings. The molecule has 0 unspecified atom stereocenters. The Morgan fingerprint density at radius 1 is 1.20 bits per heavy atom. The number of fused-ring (bicyclic) bond motifs is 1. The van der Waals surface area contributed by atoms with Gasteiger partial charge in [0.1, 0.15) is 5.82 Å². The molecule has 1 amide bonds. The lowest BCUT2D eigenvalue weighted by Crippen LogP contribution is -2.38. The molecular weight excluding hydrogens is 402 g/mol. The Hall–Kier alpha value is -2.75. The van der Waals surface area contributed by atoms with E-state index in [9.17, 15) is 13.2 Å². The summed E-state index contributed by atoms with van der Waals surface area (Å²) in [6, 6.07) is 12.1. The van der Waals surface area contributed by atoms with Crippen molar-refractivity contribution in [3.05, 3.63) is 53.9 Å². The van der Waals surface area contributed by atoms with Crippen molar-refractivity contribution in [1.82, 2.24) is 14.9 Å². The molecule has 9 heteroatoms. The molecule has 1 aliphatic rings. The van der Waals surface area contributed by atoms with Crippen molar-refractivity contribution in [2.45, 2.75) is 31.2 Å². The summed E-state index contributed by atoms with van der Waals surface area (Å²) >= 11 is 0. The number of nitrogens with two attached hydrogens (primary N) is 1. The standard InChI is InChI=1S/C21H25N5O3S/c1-14-2-7-18-19(12-14)25-20(24-18)13-26-10-8-15(9-11-26)21(27)23-16-3-5-17(6-4-16)30(22,28)29/h2-7,12,15H,8-11,13H2,1H3,(H,23,27)(H,24,25)(H2,22,28,29). The van der Waals surface area contributed by atoms with Gasteiger partial charge in [0, 0.05) is 11.6 Å². The van der Waals surface area contributed by atoms with Gasteiger partial charge in [-0.05, 0) is 74.8 Å². The molecule has 0 spiro atoms. The minimum absolute atomic E-state index is 0.0227. The number of hydrogen-bond donors (Lipinski definition) is 3. The zero-order valence-corrected chi connectivity index (χ0v) is 17.6. The summed E-state index contributed by atoms with van der Waals surface area (Å²) in [7, 11) is -3.74. The number of carbonyl (C=O) groups excluding carboxylic acids is 1. The highest BCUT2D eigenvalue weighted by Gasteiger charge is 2.25. The number of rotatable bonds is 5. The SMILES string of the molecule is Cc1ccc2nc(CN3CCC(C(=O)Nc4ccc(S(N)(=O)=O)cc4)CC3)[nH]c2c1. The van der Waals surface area contributed by atoms with E-state index >= 15 is 0 Å². The second kappa shape index (κ2) is 8.17. The van der Waals surface area contributed by atoms with Crippen LogP contribution in [0.15, 0.2) is 47.4 Å². The van der Waals surface area contributed by atoms with Crippen LogP contribution in [0.5, 0.6) is 0 Å². The summed E-state index contributed by atoms with van der Waals surface area (Å²) < 4.78 is 22.6. The van der Waals surface area contributed by atoms with E-state index in [2.05, 4.69) is 39.2 Å². The van der Waals surface area contributed by atoms with E-state index in [0.29, 0.717) is 5.69 Å². The number of hydrogen-bond acceptors (Lipinski definition) is 5. The monoisotopic (exact) mass is 427 g/mol. The Kier molecular flexibility index (Phi) is 5.59. The number of aromatic amines is 1. The van der Waals surface area contributed by atoms with Crippen LogP contribution >= 0.6 is 0 Å². The molecule has 0 radical (unpaired) electrons. The van der Waals surface area contributed by atoms with E-state index in [0.717, 1.165) is 49.3 Å². The first-order valence-electron chi connectivity index (χ1n) is 9.89. The smallest absolute Gasteiger partial charge is 0.238 e. The number of benzene rings is 2. The number of nitrogens with one attached hydrogen (secondary N) is 2. The van der Waals surface area contributed by atoms with Crippen molar-refractivity contribution < 1.29 is 13.2 Å². The van der Waals surface area contributed by atoms with Crippen molar-refractivity contribution in [3.8, 4) is 0 Å². The second-order valence-corrected chi connectivity index (χ2v) is 9.37. The predicted molar refractivity (Wildman–Crippen MR) is 115 cm³/mol. The number of imidazole rings is 1. The lowest BCUT2D eigenvalue weighted by atomic mass is 9.96. The molecule has 0 atom stereocenters. The number of anilines is 1. The molecule has 4 N–H and O–H groups in total. The number of piperidine rings is 1. The van der Waals surface area contributed by atoms with Crippen LogP contribution in [0.25, 0.3) is 11.0 Å². The molecular formula is C21H25N5O3S. The van der Waals surface area contributed by atoms with Crippen molar-refractivity contribution >= 4 is 32.7 Å². The summed E-state index contributed by atoms with van der Waals surface area (Å²) in [5, 5.41) is 7.96.